The second kappa shape index (κ2) is 39.8. The van der Waals surface area contributed by atoms with Crippen molar-refractivity contribution in [2.24, 2.45) is 51.6 Å². The maximum Gasteiger partial charge on any atom is 0.305 e. The molecule has 2 heterocycles. The van der Waals surface area contributed by atoms with E-state index in [2.05, 4.69) is 43.8 Å². The Balaban J connectivity index is 1.93. The number of piperidine rings is 1. The molecule has 1 aromatic rings. The Morgan fingerprint density at radius 2 is 1.26 bits per heavy atom. The van der Waals surface area contributed by atoms with Gasteiger partial charge in [-0.15, -0.1) is 0 Å². The number of hydrogen-bond donors (Lipinski definition) is 11. The number of nitrogens with one attached hydrogen (secondary N) is 6. The van der Waals surface area contributed by atoms with Crippen molar-refractivity contribution in [2.45, 2.75) is 218 Å². The second-order valence-corrected chi connectivity index (χ2v) is 25.8. The van der Waals surface area contributed by atoms with E-state index in [0.717, 1.165) is 42.6 Å². The maximum absolute atomic E-state index is 15.1. The second-order valence-electron chi connectivity index (χ2n) is 25.8. The van der Waals surface area contributed by atoms with E-state index in [-0.39, 0.29) is 94.2 Å². The third-order valence-electron chi connectivity index (χ3n) is 16.7. The van der Waals surface area contributed by atoms with Gasteiger partial charge in [0.25, 0.3) is 0 Å². The number of hydrogen-bond acceptors (Lipinski definition) is 14. The summed E-state index contributed by atoms with van der Waals surface area (Å²) < 4.78 is 0. The first-order valence-corrected chi connectivity index (χ1v) is 32.7. The van der Waals surface area contributed by atoms with Crippen LogP contribution in [-0.2, 0) is 59.2 Å². The lowest BCUT2D eigenvalue weighted by Gasteiger charge is -2.35. The van der Waals surface area contributed by atoms with Crippen LogP contribution in [0.2, 0.25) is 0 Å². The summed E-state index contributed by atoms with van der Waals surface area (Å²) in [6.07, 6.45) is 6.90. The van der Waals surface area contributed by atoms with Crippen molar-refractivity contribution in [3.63, 3.8) is 0 Å². The van der Waals surface area contributed by atoms with E-state index in [1.54, 1.807) is 32.6 Å². The minimum absolute atomic E-state index is 0.00446. The van der Waals surface area contributed by atoms with Gasteiger partial charge in [-0.2, -0.15) is 0 Å². The third-order valence-corrected chi connectivity index (χ3v) is 16.7. The Bertz CT molecular complexity index is 2590. The molecule has 512 valence electrons. The number of carbonyl (C=O) groups is 11. The van der Waals surface area contributed by atoms with Gasteiger partial charge in [-0.1, -0.05) is 111 Å². The average Bonchev–Trinajstić information content (AvgIpc) is 1.75. The van der Waals surface area contributed by atoms with Crippen molar-refractivity contribution in [3.05, 3.63) is 35.9 Å². The summed E-state index contributed by atoms with van der Waals surface area (Å²) in [5.41, 5.74) is 23.9. The summed E-state index contributed by atoms with van der Waals surface area (Å²) in [4.78, 5) is 164. The quantitative estimate of drug-likeness (QED) is 0.0248. The molecule has 2 fully saturated rings. The van der Waals surface area contributed by atoms with Crippen LogP contribution in [0.4, 0.5) is 0 Å². The monoisotopic (exact) mass is 1280 g/mol. The number of primary amides is 1. The molecule has 27 heteroatoms. The first-order chi connectivity index (χ1) is 43.0. The lowest BCUT2D eigenvalue weighted by atomic mass is 9.95. The molecule has 2 saturated heterocycles. The molecule has 2 aliphatic heterocycles. The molecule has 15 N–H and O–H groups in total. The number of carboxylic acid groups (broad SMARTS) is 1. The van der Waals surface area contributed by atoms with Gasteiger partial charge < -0.3 is 79.5 Å². The van der Waals surface area contributed by atoms with Crippen LogP contribution in [0.1, 0.15) is 163 Å². The van der Waals surface area contributed by atoms with Crippen LogP contribution in [-0.4, -0.2) is 204 Å². The molecule has 0 saturated carbocycles. The predicted molar refractivity (Wildman–Crippen MR) is 347 cm³/mol. The number of aliphatic imine (C=N–C) groups is 1. The fraction of sp³-hybridized carbons (Fsp3) is 0.719. The van der Waals surface area contributed by atoms with Gasteiger partial charge in [0.15, 0.2) is 5.96 Å². The van der Waals surface area contributed by atoms with Crippen LogP contribution in [0.3, 0.4) is 0 Å². The van der Waals surface area contributed by atoms with Gasteiger partial charge in [0.2, 0.25) is 59.1 Å². The van der Waals surface area contributed by atoms with Gasteiger partial charge >= 0.3 is 5.97 Å². The zero-order chi connectivity index (χ0) is 68.1. The van der Waals surface area contributed by atoms with Gasteiger partial charge in [-0.25, -0.2) is 0 Å². The Morgan fingerprint density at radius 3 is 1.85 bits per heavy atom. The van der Waals surface area contributed by atoms with Crippen LogP contribution in [0.5, 0.6) is 0 Å². The zero-order valence-electron chi connectivity index (χ0n) is 55.6. The Labute approximate surface area is 538 Å². The molecule has 0 aromatic heterocycles. The van der Waals surface area contributed by atoms with Crippen LogP contribution in [0.15, 0.2) is 35.3 Å². The molecule has 3 rings (SSSR count). The molecule has 0 bridgehead atoms. The molecule has 2 aliphatic rings. The van der Waals surface area contributed by atoms with E-state index in [0.29, 0.717) is 45.2 Å². The highest BCUT2D eigenvalue weighted by Gasteiger charge is 2.45. The molecule has 27 nitrogen and oxygen atoms in total. The summed E-state index contributed by atoms with van der Waals surface area (Å²) in [7, 11) is 5.09. The van der Waals surface area contributed by atoms with E-state index in [4.69, 9.17) is 22.9 Å². The van der Waals surface area contributed by atoms with Crippen LogP contribution < -0.4 is 54.8 Å². The highest BCUT2D eigenvalue weighted by molar-refractivity contribution is 5.99. The molecule has 0 radical (unpaired) electrons. The normalized spacial score (nSPS) is 18.3. The van der Waals surface area contributed by atoms with E-state index in [1.807, 2.05) is 63.2 Å². The Morgan fingerprint density at radius 1 is 0.681 bits per heavy atom. The van der Waals surface area contributed by atoms with Crippen molar-refractivity contribution in [3.8, 4) is 0 Å². The highest BCUT2D eigenvalue weighted by atomic mass is 16.4. The van der Waals surface area contributed by atoms with Crippen LogP contribution in [0, 0.1) is 23.7 Å². The fourth-order valence-corrected chi connectivity index (χ4v) is 11.4. The number of amides is 10. The van der Waals surface area contributed by atoms with Crippen molar-refractivity contribution >= 4 is 71.0 Å². The Kier molecular flexibility index (Phi) is 34.0. The molecule has 0 unspecified atom stereocenters. The molecular weight excluding hydrogens is 1170 g/mol. The van der Waals surface area contributed by atoms with E-state index >= 15 is 4.79 Å². The minimum atomic E-state index is -1.79. The van der Waals surface area contributed by atoms with E-state index < -0.39 is 126 Å². The van der Waals surface area contributed by atoms with E-state index in [1.165, 1.54) is 11.9 Å². The summed E-state index contributed by atoms with van der Waals surface area (Å²) in [6, 6.07) is -2.03. The molecule has 0 aliphatic carbocycles. The molecule has 11 atom stereocenters. The molecule has 0 spiro atoms. The lowest BCUT2D eigenvalue weighted by Crippen LogP contribution is -2.61. The number of nitrogens with two attached hydrogens (primary N) is 4. The summed E-state index contributed by atoms with van der Waals surface area (Å²) in [5, 5.41) is 26.4. The largest absolute Gasteiger partial charge is 0.481 e. The van der Waals surface area contributed by atoms with Gasteiger partial charge in [0, 0.05) is 52.1 Å². The summed E-state index contributed by atoms with van der Waals surface area (Å²) in [6.45, 7) is 14.2. The standard InChI is InChI=1S/C64H109N15O12/c1-11-13-14-15-19-28-52(80)78-31-21-25-43(37-78)56(84)72-47(34-42-23-17-16-18-24-42)59(87)71-46(27-22-30-76(8)9)57(85)74-49(32-39(3)4)62(90)79-38-44(65)35-51(79)63(91)77(10)50(33-40(5)6)61(89)73-48(36-53(81)82)60(88)70-45(26-20-29-69-64(67)68)58(86)75-54(55(66)83)41(7)12-2/h16-18,23-24,39-41,43-51,54H,11-15,19-22,25-38,65H2,1-10H3,(H2,66,83)(H,70,88)(H,71,87)(H,72,84)(H,73,89)(H,74,85)(H,75,86)(H,81,82)(H4,67,68,69)/t41-,43-,44+,45-,46+,47-,48-,49-,50-,51-,54-/m0/s1. The zero-order valence-corrected chi connectivity index (χ0v) is 55.6. The first kappa shape index (κ1) is 77.8. The molecule has 91 heavy (non-hydrogen) atoms. The number of likely N-dealkylation sites (tertiary alicyclic amines) is 2. The number of aliphatic carboxylic acids is 1. The first-order valence-electron chi connectivity index (χ1n) is 32.7. The van der Waals surface area contributed by atoms with Crippen LogP contribution in [0.25, 0.3) is 0 Å². The summed E-state index contributed by atoms with van der Waals surface area (Å²) in [5.74, 6) is -9.75. The van der Waals surface area contributed by atoms with Gasteiger partial charge in [0.1, 0.15) is 48.3 Å². The number of guanidine groups is 1. The third kappa shape index (κ3) is 27.1. The number of likely N-dealkylation sites (N-methyl/N-ethyl adjacent to an activating group) is 1. The number of benzene rings is 1. The number of unbranched alkanes of at least 4 members (excludes halogenated alkanes) is 4. The van der Waals surface area contributed by atoms with Gasteiger partial charge in [-0.05, 0) is 108 Å². The Hall–Kier alpha value is -7.42. The number of carboxylic acids is 1. The maximum atomic E-state index is 15.1. The van der Waals surface area contributed by atoms with Gasteiger partial charge in [0.05, 0.1) is 12.3 Å². The fourth-order valence-electron chi connectivity index (χ4n) is 11.4. The topological polar surface area (TPSA) is 410 Å². The van der Waals surface area contributed by atoms with Crippen molar-refractivity contribution in [1.82, 2.24) is 51.5 Å². The highest BCUT2D eigenvalue weighted by Crippen LogP contribution is 2.25. The molecule has 10 amide bonds. The van der Waals surface area contributed by atoms with Crippen molar-refractivity contribution in [2.75, 3.05) is 53.9 Å². The van der Waals surface area contributed by atoms with Crippen LogP contribution >= 0.6 is 0 Å². The SMILES string of the molecule is CCCCCCCC(=O)N1CCC[C@H](C(=O)N[C@@H](Cc2ccccc2)C(=O)N[C@H](CCCN(C)C)C(=O)N[C@@H](CC(C)C)C(=O)N2C[C@H](N)C[C@H]2C(=O)N(C)[C@@H](CC(C)C)C(=O)N[C@@H](CC(=O)O)C(=O)N[C@@H](CCCN=C(N)N)C(=O)N[C@H](C(N)=O)[C@@H](C)CC)C1. The molecule has 1 aromatic carbocycles. The van der Waals surface area contributed by atoms with Crippen molar-refractivity contribution in [1.29, 1.82) is 0 Å². The lowest BCUT2D eigenvalue weighted by molar-refractivity contribution is -0.149. The van der Waals surface area contributed by atoms with Crippen molar-refractivity contribution < 1.29 is 57.8 Å². The summed E-state index contributed by atoms with van der Waals surface area (Å²) >= 11 is 0. The minimum Gasteiger partial charge on any atom is -0.481 e. The predicted octanol–water partition coefficient (Wildman–Crippen LogP) is 0.986. The number of rotatable bonds is 40. The average molecular weight is 1280 g/mol. The number of nitrogens with zero attached hydrogens (tertiary/aromatic N) is 5. The van der Waals surface area contributed by atoms with Gasteiger partial charge in [-0.3, -0.25) is 57.7 Å². The number of carbonyl (C=O) groups excluding carboxylic acids is 10. The smallest absolute Gasteiger partial charge is 0.305 e. The molecular formula is C64H109N15O12. The van der Waals surface area contributed by atoms with E-state index in [9.17, 15) is 53.1 Å².